The number of nitrogens with two attached hydrogens (primary N) is 1. The lowest BCUT2D eigenvalue weighted by Crippen LogP contribution is -2.30. The summed E-state index contributed by atoms with van der Waals surface area (Å²) in [5.74, 6) is 2.37. The van der Waals surface area contributed by atoms with Gasteiger partial charge in [0.25, 0.3) is 0 Å². The molecule has 1 aromatic heterocycles. The van der Waals surface area contributed by atoms with Gasteiger partial charge in [0.2, 0.25) is 0 Å². The van der Waals surface area contributed by atoms with Crippen LogP contribution in [0.4, 0.5) is 5.82 Å². The normalized spacial score (nSPS) is 18.5. The van der Waals surface area contributed by atoms with Crippen molar-refractivity contribution in [3.63, 3.8) is 0 Å². The van der Waals surface area contributed by atoms with Crippen LogP contribution in [0.2, 0.25) is 0 Å². The maximum atomic E-state index is 6.48. The molecule has 114 valence electrons. The van der Waals surface area contributed by atoms with Crippen LogP contribution in [-0.4, -0.2) is 22.8 Å². The van der Waals surface area contributed by atoms with E-state index in [1.807, 2.05) is 0 Å². The molecule has 1 aliphatic heterocycles. The van der Waals surface area contributed by atoms with Crippen molar-refractivity contribution < 1.29 is 4.74 Å². The summed E-state index contributed by atoms with van der Waals surface area (Å²) < 4.78 is 7.68. The number of hydrogen-bond donors (Lipinski definition) is 1. The van der Waals surface area contributed by atoms with Gasteiger partial charge < -0.3 is 15.0 Å². The second-order valence-corrected chi connectivity index (χ2v) is 7.85. The predicted molar refractivity (Wildman–Crippen MR) is 83.1 cm³/mol. The van der Waals surface area contributed by atoms with Crippen molar-refractivity contribution in [2.45, 2.75) is 71.3 Å². The van der Waals surface area contributed by atoms with Crippen LogP contribution in [-0.2, 0) is 15.7 Å². The Morgan fingerprint density at radius 1 is 1.10 bits per heavy atom. The van der Waals surface area contributed by atoms with Crippen LogP contribution in [0.3, 0.4) is 0 Å². The smallest absolute Gasteiger partial charge is 0.127 e. The third-order valence-corrected chi connectivity index (χ3v) is 3.89. The van der Waals surface area contributed by atoms with E-state index in [1.54, 1.807) is 0 Å². The highest BCUT2D eigenvalue weighted by molar-refractivity contribution is 5.43. The summed E-state index contributed by atoms with van der Waals surface area (Å²) in [6.07, 6.45) is 2.05. The van der Waals surface area contributed by atoms with E-state index in [4.69, 9.17) is 15.5 Å². The van der Waals surface area contributed by atoms with E-state index < -0.39 is 0 Å². The third-order valence-electron chi connectivity index (χ3n) is 3.89. The average molecular weight is 279 g/mol. The maximum Gasteiger partial charge on any atom is 0.127 e. The van der Waals surface area contributed by atoms with Gasteiger partial charge in [0.15, 0.2) is 0 Å². The molecule has 0 bridgehead atoms. The molecule has 0 aliphatic carbocycles. The Morgan fingerprint density at radius 3 is 2.05 bits per heavy atom. The monoisotopic (exact) mass is 279 g/mol. The largest absolute Gasteiger partial charge is 0.384 e. The summed E-state index contributed by atoms with van der Waals surface area (Å²) in [7, 11) is 0. The molecule has 0 aromatic carbocycles. The molecule has 0 radical (unpaired) electrons. The summed E-state index contributed by atoms with van der Waals surface area (Å²) in [5.41, 5.74) is 7.49. The molecule has 1 aromatic rings. The van der Waals surface area contributed by atoms with Crippen LogP contribution in [0.25, 0.3) is 0 Å². The van der Waals surface area contributed by atoms with Crippen LogP contribution < -0.4 is 5.73 Å². The molecule has 0 unspecified atom stereocenters. The van der Waals surface area contributed by atoms with E-state index in [2.05, 4.69) is 46.1 Å². The van der Waals surface area contributed by atoms with E-state index in [0.29, 0.717) is 5.92 Å². The molecule has 1 saturated heterocycles. The Hall–Kier alpha value is -1.03. The number of anilines is 1. The maximum absolute atomic E-state index is 6.48. The highest BCUT2D eigenvalue weighted by Crippen LogP contribution is 2.37. The van der Waals surface area contributed by atoms with Crippen molar-refractivity contribution in [3.05, 3.63) is 11.5 Å². The second kappa shape index (κ2) is 5.06. The minimum Gasteiger partial charge on any atom is -0.384 e. The van der Waals surface area contributed by atoms with Crippen molar-refractivity contribution in [3.8, 4) is 0 Å². The summed E-state index contributed by atoms with van der Waals surface area (Å²) in [5, 5.41) is 0. The summed E-state index contributed by atoms with van der Waals surface area (Å²) in [4.78, 5) is 4.95. The van der Waals surface area contributed by atoms with Crippen LogP contribution in [0.15, 0.2) is 0 Å². The number of ether oxygens (including phenoxy) is 1. The van der Waals surface area contributed by atoms with E-state index in [1.165, 1.54) is 0 Å². The van der Waals surface area contributed by atoms with Crippen molar-refractivity contribution in [1.82, 2.24) is 9.55 Å². The summed E-state index contributed by atoms with van der Waals surface area (Å²) >= 11 is 0. The number of hydrogen-bond acceptors (Lipinski definition) is 3. The minimum atomic E-state index is -0.0525. The van der Waals surface area contributed by atoms with E-state index in [9.17, 15) is 0 Å². The van der Waals surface area contributed by atoms with E-state index in [-0.39, 0.29) is 11.0 Å². The SMILES string of the molecule is CC(C)(C)c1nc(C2CCOCC2)c(N)n1C(C)(C)C. The zero-order valence-electron chi connectivity index (χ0n) is 13.8. The number of nitrogens with zero attached hydrogens (tertiary/aromatic N) is 2. The van der Waals surface area contributed by atoms with Crippen LogP contribution in [0, 0.1) is 0 Å². The third kappa shape index (κ3) is 2.85. The fourth-order valence-electron chi connectivity index (χ4n) is 2.90. The van der Waals surface area contributed by atoms with Crippen molar-refractivity contribution in [2.75, 3.05) is 18.9 Å². The standard InChI is InChI=1S/C16H29N3O/c1-15(2,3)14-18-12(11-7-9-20-10-8-11)13(17)19(14)16(4,5)6/h11H,7-10,17H2,1-6H3. The van der Waals surface area contributed by atoms with Gasteiger partial charge in [0.1, 0.15) is 11.6 Å². The van der Waals surface area contributed by atoms with E-state index >= 15 is 0 Å². The van der Waals surface area contributed by atoms with Gasteiger partial charge in [-0.15, -0.1) is 0 Å². The lowest BCUT2D eigenvalue weighted by atomic mass is 9.94. The molecule has 1 fully saturated rings. The molecule has 20 heavy (non-hydrogen) atoms. The first kappa shape index (κ1) is 15.4. The van der Waals surface area contributed by atoms with E-state index in [0.717, 1.165) is 43.4 Å². The summed E-state index contributed by atoms with van der Waals surface area (Å²) in [6, 6.07) is 0. The Kier molecular flexibility index (Phi) is 3.89. The topological polar surface area (TPSA) is 53.1 Å². The second-order valence-electron chi connectivity index (χ2n) is 7.85. The molecular weight excluding hydrogens is 250 g/mol. The molecule has 2 heterocycles. The van der Waals surface area contributed by atoms with Gasteiger partial charge in [-0.05, 0) is 33.6 Å². The van der Waals surface area contributed by atoms with Crippen molar-refractivity contribution >= 4 is 5.82 Å². The number of aromatic nitrogens is 2. The zero-order valence-corrected chi connectivity index (χ0v) is 13.8. The zero-order chi connectivity index (χ0) is 15.1. The molecule has 0 spiro atoms. The first-order chi connectivity index (χ1) is 9.12. The number of imidazole rings is 1. The van der Waals surface area contributed by atoms with Gasteiger partial charge >= 0.3 is 0 Å². The van der Waals surface area contributed by atoms with Gasteiger partial charge in [-0.2, -0.15) is 0 Å². The van der Waals surface area contributed by atoms with Crippen LogP contribution >= 0.6 is 0 Å². The van der Waals surface area contributed by atoms with Gasteiger partial charge in [0, 0.05) is 30.1 Å². The van der Waals surface area contributed by atoms with Gasteiger partial charge in [-0.3, -0.25) is 0 Å². The molecule has 4 heteroatoms. The lowest BCUT2D eigenvalue weighted by molar-refractivity contribution is 0.0847. The number of nitrogen functional groups attached to an aromatic ring is 1. The minimum absolute atomic E-state index is 0.00911. The Labute approximate surface area is 122 Å². The highest BCUT2D eigenvalue weighted by Gasteiger charge is 2.33. The van der Waals surface area contributed by atoms with Crippen molar-refractivity contribution in [1.29, 1.82) is 0 Å². The fraction of sp³-hybridized carbons (Fsp3) is 0.812. The Morgan fingerprint density at radius 2 is 1.65 bits per heavy atom. The summed E-state index contributed by atoms with van der Waals surface area (Å²) in [6.45, 7) is 14.8. The predicted octanol–water partition coefficient (Wildman–Crippen LogP) is 3.41. The van der Waals surface area contributed by atoms with Crippen molar-refractivity contribution in [2.24, 2.45) is 0 Å². The molecule has 2 rings (SSSR count). The molecule has 0 amide bonds. The fourth-order valence-corrected chi connectivity index (χ4v) is 2.90. The number of rotatable bonds is 1. The van der Waals surface area contributed by atoms with Crippen LogP contribution in [0.1, 0.15) is 71.8 Å². The van der Waals surface area contributed by atoms with Gasteiger partial charge in [0.05, 0.1) is 5.69 Å². The molecule has 4 nitrogen and oxygen atoms in total. The molecule has 0 saturated carbocycles. The first-order valence-corrected chi connectivity index (χ1v) is 7.59. The molecule has 0 atom stereocenters. The molecule has 2 N–H and O–H groups in total. The van der Waals surface area contributed by atoms with Crippen LogP contribution in [0.5, 0.6) is 0 Å². The molecular formula is C16H29N3O. The van der Waals surface area contributed by atoms with Gasteiger partial charge in [-0.25, -0.2) is 4.98 Å². The first-order valence-electron chi connectivity index (χ1n) is 7.59. The van der Waals surface area contributed by atoms with Gasteiger partial charge in [-0.1, -0.05) is 20.8 Å². The lowest BCUT2D eigenvalue weighted by Gasteiger charge is -2.30. The Balaban J connectivity index is 2.52. The average Bonchev–Trinajstić information content (AvgIpc) is 2.67. The highest BCUT2D eigenvalue weighted by atomic mass is 16.5. The quantitative estimate of drug-likeness (QED) is 0.857. The Bertz CT molecular complexity index is 471. The molecule has 1 aliphatic rings.